The first-order valence-corrected chi connectivity index (χ1v) is 13.0. The number of rotatable bonds is 7. The zero-order chi connectivity index (χ0) is 26.1. The quantitative estimate of drug-likeness (QED) is 0.246. The van der Waals surface area contributed by atoms with Crippen molar-refractivity contribution in [3.8, 4) is 28.2 Å². The zero-order valence-corrected chi connectivity index (χ0v) is 20.5. The van der Waals surface area contributed by atoms with E-state index in [4.69, 9.17) is 11.6 Å². The SMILES string of the molecule is CS(=O)(=O)c1cccc(-c2ccc(-n3cc(C(=O)CCC(F)(F)F)nc3-c3ccccc3Cl)cc2)c1. The number of benzene rings is 3. The standard InChI is InChI=1S/C26H20ClF3N2O3S/c1-36(34,35)20-6-4-5-18(15-20)17-9-11-19(12-10-17)32-16-23(24(33)13-14-26(28,29)30)31-25(32)21-7-2-3-8-22(21)27/h2-12,15-16H,13-14H2,1H3. The van der Waals surface area contributed by atoms with E-state index in [0.717, 1.165) is 11.8 Å². The van der Waals surface area contributed by atoms with Crippen molar-refractivity contribution < 1.29 is 26.4 Å². The zero-order valence-electron chi connectivity index (χ0n) is 19.0. The Kier molecular flexibility index (Phi) is 7.06. The largest absolute Gasteiger partial charge is 0.389 e. The fraction of sp³-hybridized carbons (Fsp3) is 0.154. The molecule has 0 aliphatic carbocycles. The molecule has 4 rings (SSSR count). The molecule has 36 heavy (non-hydrogen) atoms. The predicted molar refractivity (Wildman–Crippen MR) is 132 cm³/mol. The second kappa shape index (κ2) is 9.91. The van der Waals surface area contributed by atoms with Crippen molar-refractivity contribution >= 4 is 27.2 Å². The Morgan fingerprint density at radius 3 is 2.31 bits per heavy atom. The Bertz CT molecular complexity index is 1530. The number of carbonyl (C=O) groups is 1. The van der Waals surface area contributed by atoms with E-state index < -0.39 is 34.6 Å². The van der Waals surface area contributed by atoms with Crippen LogP contribution < -0.4 is 0 Å². The summed E-state index contributed by atoms with van der Waals surface area (Å²) in [5.74, 6) is -0.420. The van der Waals surface area contributed by atoms with Gasteiger partial charge in [0.25, 0.3) is 0 Å². The molecule has 0 N–H and O–H groups in total. The Balaban J connectivity index is 1.74. The molecule has 0 bridgehead atoms. The highest BCUT2D eigenvalue weighted by molar-refractivity contribution is 7.90. The number of aromatic nitrogens is 2. The van der Waals surface area contributed by atoms with Crippen molar-refractivity contribution in [1.29, 1.82) is 0 Å². The highest BCUT2D eigenvalue weighted by Crippen LogP contribution is 2.31. The average molecular weight is 533 g/mol. The van der Waals surface area contributed by atoms with Gasteiger partial charge in [-0.05, 0) is 47.5 Å². The number of hydrogen-bond acceptors (Lipinski definition) is 4. The maximum absolute atomic E-state index is 12.6. The lowest BCUT2D eigenvalue weighted by Gasteiger charge is -2.10. The molecule has 10 heteroatoms. The summed E-state index contributed by atoms with van der Waals surface area (Å²) in [7, 11) is -3.37. The lowest BCUT2D eigenvalue weighted by atomic mass is 10.1. The van der Waals surface area contributed by atoms with Crippen LogP contribution in [0.15, 0.2) is 83.9 Å². The van der Waals surface area contributed by atoms with Crippen LogP contribution in [0.5, 0.6) is 0 Å². The molecule has 0 atom stereocenters. The van der Waals surface area contributed by atoms with Gasteiger partial charge < -0.3 is 0 Å². The molecule has 0 spiro atoms. The van der Waals surface area contributed by atoms with Crippen LogP contribution in [0.25, 0.3) is 28.2 Å². The maximum Gasteiger partial charge on any atom is 0.389 e. The summed E-state index contributed by atoms with van der Waals surface area (Å²) in [5, 5.41) is 0.368. The average Bonchev–Trinajstić information content (AvgIpc) is 3.27. The monoisotopic (exact) mass is 532 g/mol. The molecule has 1 heterocycles. The van der Waals surface area contributed by atoms with E-state index in [9.17, 15) is 26.4 Å². The first kappa shape index (κ1) is 25.7. The lowest BCUT2D eigenvalue weighted by Crippen LogP contribution is -2.11. The molecule has 4 aromatic rings. The van der Waals surface area contributed by atoms with Crippen LogP contribution >= 0.6 is 11.6 Å². The van der Waals surface area contributed by atoms with Gasteiger partial charge in [0.15, 0.2) is 15.6 Å². The normalized spacial score (nSPS) is 12.0. The van der Waals surface area contributed by atoms with Crippen molar-refractivity contribution in [1.82, 2.24) is 9.55 Å². The summed E-state index contributed by atoms with van der Waals surface area (Å²) in [6.45, 7) is 0. The van der Waals surface area contributed by atoms with E-state index in [1.54, 1.807) is 71.3 Å². The van der Waals surface area contributed by atoms with Crippen LogP contribution in [0.2, 0.25) is 5.02 Å². The molecule has 0 fully saturated rings. The molecular weight excluding hydrogens is 513 g/mol. The first-order valence-electron chi connectivity index (χ1n) is 10.8. The van der Waals surface area contributed by atoms with Gasteiger partial charge >= 0.3 is 6.18 Å². The number of ketones is 1. The van der Waals surface area contributed by atoms with E-state index in [0.29, 0.717) is 27.7 Å². The van der Waals surface area contributed by atoms with Gasteiger partial charge in [0.05, 0.1) is 16.3 Å². The van der Waals surface area contributed by atoms with Crippen molar-refractivity contribution in [2.24, 2.45) is 0 Å². The Morgan fingerprint density at radius 1 is 0.972 bits per heavy atom. The molecule has 3 aromatic carbocycles. The lowest BCUT2D eigenvalue weighted by molar-refractivity contribution is -0.133. The molecule has 0 amide bonds. The van der Waals surface area contributed by atoms with Crippen molar-refractivity contribution in [2.45, 2.75) is 23.9 Å². The van der Waals surface area contributed by atoms with Crippen LogP contribution in [-0.4, -0.2) is 36.2 Å². The number of alkyl halides is 3. The predicted octanol–water partition coefficient (Wildman–Crippen LogP) is 6.79. The van der Waals surface area contributed by atoms with E-state index >= 15 is 0 Å². The van der Waals surface area contributed by atoms with Crippen LogP contribution in [0.3, 0.4) is 0 Å². The summed E-state index contributed by atoms with van der Waals surface area (Å²) in [4.78, 5) is 17.0. The highest BCUT2D eigenvalue weighted by atomic mass is 35.5. The molecule has 0 aliphatic heterocycles. The number of imidazole rings is 1. The Labute approximate surface area is 211 Å². The number of carbonyl (C=O) groups excluding carboxylic acids is 1. The minimum absolute atomic E-state index is 0.0981. The third-order valence-corrected chi connectivity index (χ3v) is 6.92. The molecule has 0 saturated carbocycles. The van der Waals surface area contributed by atoms with Gasteiger partial charge in [-0.1, -0.05) is 48.0 Å². The second-order valence-corrected chi connectivity index (χ2v) is 10.6. The maximum atomic E-state index is 12.6. The minimum Gasteiger partial charge on any atom is -0.299 e. The molecule has 0 saturated heterocycles. The van der Waals surface area contributed by atoms with Gasteiger partial charge in [-0.15, -0.1) is 0 Å². The highest BCUT2D eigenvalue weighted by Gasteiger charge is 2.29. The molecule has 186 valence electrons. The van der Waals surface area contributed by atoms with Gasteiger partial charge in [0.2, 0.25) is 0 Å². The molecular formula is C26H20ClF3N2O3S. The summed E-state index contributed by atoms with van der Waals surface area (Å²) in [5.41, 5.74) is 2.46. The topological polar surface area (TPSA) is 69.0 Å². The van der Waals surface area contributed by atoms with Gasteiger partial charge in [0.1, 0.15) is 11.5 Å². The van der Waals surface area contributed by atoms with Gasteiger partial charge in [-0.2, -0.15) is 13.2 Å². The van der Waals surface area contributed by atoms with Crippen LogP contribution in [-0.2, 0) is 9.84 Å². The van der Waals surface area contributed by atoms with Crippen LogP contribution in [0.1, 0.15) is 23.3 Å². The van der Waals surface area contributed by atoms with Crippen molar-refractivity contribution in [3.63, 3.8) is 0 Å². The molecule has 0 aliphatic rings. The van der Waals surface area contributed by atoms with Gasteiger partial charge in [-0.3, -0.25) is 9.36 Å². The van der Waals surface area contributed by atoms with Crippen LogP contribution in [0.4, 0.5) is 13.2 Å². The molecule has 0 unspecified atom stereocenters. The Morgan fingerprint density at radius 2 is 1.67 bits per heavy atom. The summed E-state index contributed by atoms with van der Waals surface area (Å²) >= 11 is 6.35. The van der Waals surface area contributed by atoms with E-state index in [1.165, 1.54) is 12.3 Å². The van der Waals surface area contributed by atoms with E-state index in [-0.39, 0.29) is 10.6 Å². The summed E-state index contributed by atoms with van der Waals surface area (Å²) < 4.78 is 63.3. The number of Topliss-reactive ketones (excluding diaryl/α,β-unsaturated/α-hetero) is 1. The fourth-order valence-corrected chi connectivity index (χ4v) is 4.54. The van der Waals surface area contributed by atoms with Crippen LogP contribution in [0, 0.1) is 0 Å². The third-order valence-electron chi connectivity index (χ3n) is 5.48. The molecule has 5 nitrogen and oxygen atoms in total. The first-order chi connectivity index (χ1) is 16.9. The number of halogens is 4. The van der Waals surface area contributed by atoms with Gasteiger partial charge in [0, 0.05) is 30.1 Å². The van der Waals surface area contributed by atoms with Crippen molar-refractivity contribution in [2.75, 3.05) is 6.26 Å². The van der Waals surface area contributed by atoms with E-state index in [1.807, 2.05) is 0 Å². The minimum atomic E-state index is -4.45. The molecule has 1 aromatic heterocycles. The molecule has 0 radical (unpaired) electrons. The number of sulfone groups is 1. The number of hydrogen-bond donors (Lipinski definition) is 0. The second-order valence-electron chi connectivity index (χ2n) is 8.18. The van der Waals surface area contributed by atoms with Crippen molar-refractivity contribution in [3.05, 3.63) is 89.7 Å². The summed E-state index contributed by atoms with van der Waals surface area (Å²) in [6, 6.07) is 20.4. The van der Waals surface area contributed by atoms with E-state index in [2.05, 4.69) is 4.98 Å². The third kappa shape index (κ3) is 5.85. The fourth-order valence-electron chi connectivity index (χ4n) is 3.65. The Hall–Kier alpha value is -3.43. The smallest absolute Gasteiger partial charge is 0.299 e. The van der Waals surface area contributed by atoms with Gasteiger partial charge in [-0.25, -0.2) is 13.4 Å². The summed E-state index contributed by atoms with van der Waals surface area (Å²) in [6.07, 6.45) is -3.86. The number of nitrogens with zero attached hydrogens (tertiary/aromatic N) is 2.